The SMILES string of the molecule is CC1=CC(C)=C(CCC(=O)c2c(C)n([C@@H](C)C3CCN(CCN(CCC45CC6CC(CC(C6)C4)C5)C(=O)CC45CC6CC(CC(C6)C4)C5)CC3)c3ccccc23)C(=O)C1. The molecule has 0 spiro atoms. The summed E-state index contributed by atoms with van der Waals surface area (Å²) in [5.41, 5.74) is 6.80. The molecule has 9 fully saturated rings. The van der Waals surface area contributed by atoms with Gasteiger partial charge in [-0.2, -0.15) is 0 Å². The van der Waals surface area contributed by atoms with Crippen LogP contribution in [0.25, 0.3) is 10.9 Å². The maximum absolute atomic E-state index is 14.6. The summed E-state index contributed by atoms with van der Waals surface area (Å²) in [6.07, 6.45) is 24.8. The highest BCUT2D eigenvalue weighted by atomic mass is 16.2. The lowest BCUT2D eigenvalue weighted by molar-refractivity contribution is -0.141. The molecule has 0 N–H and O–H groups in total. The van der Waals surface area contributed by atoms with Gasteiger partial charge in [-0.25, -0.2) is 0 Å². The fourth-order valence-corrected chi connectivity index (χ4v) is 16.5. The van der Waals surface area contributed by atoms with Crippen molar-refractivity contribution < 1.29 is 14.4 Å². The molecule has 0 unspecified atom stereocenters. The highest BCUT2D eigenvalue weighted by Gasteiger charge is 2.53. The van der Waals surface area contributed by atoms with Crippen molar-refractivity contribution in [3.05, 3.63) is 58.3 Å². The number of nitrogens with zero attached hydrogens (tertiary/aromatic N) is 3. The Balaban J connectivity index is 0.794. The van der Waals surface area contributed by atoms with E-state index in [1.54, 1.807) is 0 Å². The van der Waals surface area contributed by atoms with E-state index in [4.69, 9.17) is 0 Å². The second-order valence-corrected chi connectivity index (χ2v) is 22.6. The summed E-state index contributed by atoms with van der Waals surface area (Å²) in [4.78, 5) is 46.6. The van der Waals surface area contributed by atoms with E-state index in [1.807, 2.05) is 13.8 Å². The van der Waals surface area contributed by atoms with Gasteiger partial charge in [0, 0.05) is 67.1 Å². The second-order valence-electron chi connectivity index (χ2n) is 22.6. The summed E-state index contributed by atoms with van der Waals surface area (Å²) in [7, 11) is 0. The van der Waals surface area contributed by atoms with Gasteiger partial charge in [-0.1, -0.05) is 29.8 Å². The van der Waals surface area contributed by atoms with Gasteiger partial charge in [-0.05, 0) is 213 Å². The molecule has 2 heterocycles. The molecular formula is C53H73N3O3. The molecule has 8 bridgehead atoms. The van der Waals surface area contributed by atoms with Gasteiger partial charge in [-0.3, -0.25) is 14.4 Å². The Morgan fingerprint density at radius 1 is 0.797 bits per heavy atom. The number of Topliss-reactive ketones (excluding diaryl/α,β-unsaturated/α-hetero) is 2. The van der Waals surface area contributed by atoms with Crippen molar-refractivity contribution in [3.63, 3.8) is 0 Å². The van der Waals surface area contributed by atoms with Gasteiger partial charge in [0.05, 0.1) is 0 Å². The Labute approximate surface area is 355 Å². The molecule has 0 radical (unpaired) electrons. The zero-order chi connectivity index (χ0) is 40.6. The van der Waals surface area contributed by atoms with E-state index in [0.717, 1.165) is 126 Å². The summed E-state index contributed by atoms with van der Waals surface area (Å²) in [6.45, 7) is 13.5. The van der Waals surface area contributed by atoms with Crippen LogP contribution in [-0.4, -0.2) is 64.6 Å². The third-order valence-electron chi connectivity index (χ3n) is 18.3. The molecule has 1 saturated heterocycles. The molecule has 1 amide bonds. The van der Waals surface area contributed by atoms with Crippen molar-refractivity contribution in [3.8, 4) is 0 Å². The first kappa shape index (κ1) is 40.1. The first-order valence-corrected chi connectivity index (χ1v) is 24.4. The molecule has 8 saturated carbocycles. The van der Waals surface area contributed by atoms with Crippen LogP contribution in [0.5, 0.6) is 0 Å². The molecule has 2 aromatic rings. The van der Waals surface area contributed by atoms with Crippen molar-refractivity contribution >= 4 is 28.4 Å². The number of para-hydroxylation sites is 1. The van der Waals surface area contributed by atoms with Crippen LogP contribution in [0.1, 0.15) is 165 Å². The largest absolute Gasteiger partial charge is 0.341 e. The number of allylic oxidation sites excluding steroid dienone is 4. The Bertz CT molecular complexity index is 1970. The van der Waals surface area contributed by atoms with Crippen LogP contribution in [0, 0.1) is 59.2 Å². The number of piperidine rings is 1. The van der Waals surface area contributed by atoms with Crippen LogP contribution >= 0.6 is 0 Å². The fraction of sp³-hybridized carbons (Fsp3) is 0.717. The Morgan fingerprint density at radius 3 is 1.97 bits per heavy atom. The number of hydrogen-bond donors (Lipinski definition) is 0. The standard InChI is InChI=1S/C53H73N3O3/c1-34-19-35(2)45(49(58)20-34)9-10-48(57)51-37(4)56(47-8-6-5-7-46(47)51)36(3)44-11-14-54(15-12-44)17-18-55(16-13-52-27-38-21-39(28-52)23-40(22-38)29-52)50(59)33-53-30-41-24-42(31-53)26-43(25-41)32-53/h5-8,19,36,38-44H,9-18,20-33H2,1-4H3/t36-,38?,39?,40?,41?,42?,43?,52?,53?/m0/s1. The summed E-state index contributed by atoms with van der Waals surface area (Å²) in [5.74, 6) is 6.88. The second kappa shape index (κ2) is 15.7. The minimum absolute atomic E-state index is 0.143. The Hall–Kier alpha value is -2.99. The van der Waals surface area contributed by atoms with Crippen molar-refractivity contribution in [1.82, 2.24) is 14.4 Å². The quantitative estimate of drug-likeness (QED) is 0.179. The number of ketones is 2. The molecule has 1 aromatic heterocycles. The molecular weight excluding hydrogens is 727 g/mol. The minimum Gasteiger partial charge on any atom is -0.341 e. The van der Waals surface area contributed by atoms with E-state index < -0.39 is 0 Å². The molecule has 6 heteroatoms. The fourth-order valence-electron chi connectivity index (χ4n) is 16.5. The normalized spacial score (nSPS) is 34.6. The molecule has 1 atom stereocenters. The number of aromatic nitrogens is 1. The van der Waals surface area contributed by atoms with Crippen LogP contribution in [0.4, 0.5) is 0 Å². The number of hydrogen-bond acceptors (Lipinski definition) is 4. The maximum Gasteiger partial charge on any atom is 0.223 e. The van der Waals surface area contributed by atoms with E-state index in [-0.39, 0.29) is 17.6 Å². The monoisotopic (exact) mass is 800 g/mol. The van der Waals surface area contributed by atoms with Crippen LogP contribution < -0.4 is 0 Å². The zero-order valence-electron chi connectivity index (χ0n) is 37.0. The van der Waals surface area contributed by atoms with Crippen LogP contribution in [0.15, 0.2) is 47.1 Å². The molecule has 59 heavy (non-hydrogen) atoms. The summed E-state index contributed by atoms with van der Waals surface area (Å²) >= 11 is 0. The van der Waals surface area contributed by atoms with E-state index >= 15 is 0 Å². The van der Waals surface area contributed by atoms with Gasteiger partial charge in [-0.15, -0.1) is 0 Å². The average Bonchev–Trinajstić information content (AvgIpc) is 3.47. The third-order valence-corrected chi connectivity index (χ3v) is 18.3. The summed E-state index contributed by atoms with van der Waals surface area (Å²) < 4.78 is 2.46. The van der Waals surface area contributed by atoms with Crippen LogP contribution in [-0.2, 0) is 9.59 Å². The predicted octanol–water partition coefficient (Wildman–Crippen LogP) is 11.5. The highest BCUT2D eigenvalue weighted by Crippen LogP contribution is 2.63. The molecule has 1 aromatic carbocycles. The smallest absolute Gasteiger partial charge is 0.223 e. The van der Waals surface area contributed by atoms with E-state index in [0.29, 0.717) is 41.9 Å². The number of amides is 1. The number of fused-ring (bicyclic) bond motifs is 1. The van der Waals surface area contributed by atoms with Gasteiger partial charge >= 0.3 is 0 Å². The van der Waals surface area contributed by atoms with E-state index in [9.17, 15) is 14.4 Å². The number of rotatable bonds is 14. The lowest BCUT2D eigenvalue weighted by Gasteiger charge is -2.57. The summed E-state index contributed by atoms with van der Waals surface area (Å²) in [6, 6.07) is 8.74. The molecule has 9 aliphatic carbocycles. The molecule has 6 nitrogen and oxygen atoms in total. The number of carbonyl (C=O) groups excluding carboxylic acids is 3. The van der Waals surface area contributed by atoms with Crippen LogP contribution in [0.3, 0.4) is 0 Å². The van der Waals surface area contributed by atoms with Gasteiger partial charge in [0.1, 0.15) is 0 Å². The van der Waals surface area contributed by atoms with Gasteiger partial charge in [0.25, 0.3) is 0 Å². The zero-order valence-corrected chi connectivity index (χ0v) is 37.0. The van der Waals surface area contributed by atoms with Crippen molar-refractivity contribution in [1.29, 1.82) is 0 Å². The molecule has 1 aliphatic heterocycles. The van der Waals surface area contributed by atoms with Crippen LogP contribution in [0.2, 0.25) is 0 Å². The average molecular weight is 800 g/mol. The number of benzene rings is 1. The van der Waals surface area contributed by atoms with E-state index in [1.165, 1.54) is 83.5 Å². The maximum atomic E-state index is 14.6. The third kappa shape index (κ3) is 7.77. The van der Waals surface area contributed by atoms with Gasteiger partial charge < -0.3 is 14.4 Å². The Morgan fingerprint density at radius 2 is 1.37 bits per heavy atom. The van der Waals surface area contributed by atoms with Crippen molar-refractivity contribution in [2.75, 3.05) is 32.7 Å². The minimum atomic E-state index is 0.143. The van der Waals surface area contributed by atoms with E-state index in [2.05, 4.69) is 58.6 Å². The highest BCUT2D eigenvalue weighted by molar-refractivity contribution is 6.10. The predicted molar refractivity (Wildman–Crippen MR) is 237 cm³/mol. The first-order valence-electron chi connectivity index (χ1n) is 24.4. The lowest BCUT2D eigenvalue weighted by Crippen LogP contribution is -2.50. The lowest BCUT2D eigenvalue weighted by atomic mass is 9.48. The molecule has 10 aliphatic rings. The molecule has 318 valence electrons. The van der Waals surface area contributed by atoms with Crippen molar-refractivity contribution in [2.24, 2.45) is 52.3 Å². The Kier molecular flexibility index (Phi) is 10.7. The first-order chi connectivity index (χ1) is 28.4. The summed E-state index contributed by atoms with van der Waals surface area (Å²) in [5, 5.41) is 1.04. The topological polar surface area (TPSA) is 62.6 Å². The number of carbonyl (C=O) groups is 3. The molecule has 12 rings (SSSR count). The number of likely N-dealkylation sites (tertiary alicyclic amines) is 1. The van der Waals surface area contributed by atoms with Gasteiger partial charge in [0.2, 0.25) is 5.91 Å². The van der Waals surface area contributed by atoms with Crippen molar-refractivity contribution in [2.45, 2.75) is 156 Å². The van der Waals surface area contributed by atoms with Gasteiger partial charge in [0.15, 0.2) is 11.6 Å².